The van der Waals surface area contributed by atoms with Crippen LogP contribution in [0.5, 0.6) is 11.5 Å². The normalized spacial score (nSPS) is 12.0. The molecule has 2 nitrogen and oxygen atoms in total. The standard InChI is InChI=1S/C17H18BrFO2/c1-20-16-6-8-17(9-7-16)21-11-10-14(12-18)13-2-4-15(19)5-3-13/h2-9,14H,10-12H2,1H3. The van der Waals surface area contributed by atoms with Gasteiger partial charge in [-0.3, -0.25) is 0 Å². The summed E-state index contributed by atoms with van der Waals surface area (Å²) >= 11 is 3.51. The first kappa shape index (κ1) is 15.8. The van der Waals surface area contributed by atoms with Crippen LogP contribution in [0.1, 0.15) is 17.9 Å². The molecule has 2 aromatic carbocycles. The van der Waals surface area contributed by atoms with E-state index in [1.807, 2.05) is 36.4 Å². The molecule has 0 bridgehead atoms. The van der Waals surface area contributed by atoms with Gasteiger partial charge in [-0.15, -0.1) is 0 Å². The van der Waals surface area contributed by atoms with E-state index in [4.69, 9.17) is 9.47 Å². The quantitative estimate of drug-likeness (QED) is 0.667. The lowest BCUT2D eigenvalue weighted by Gasteiger charge is -2.15. The van der Waals surface area contributed by atoms with Crippen LogP contribution >= 0.6 is 15.9 Å². The van der Waals surface area contributed by atoms with E-state index in [0.717, 1.165) is 28.8 Å². The van der Waals surface area contributed by atoms with Gasteiger partial charge in [-0.05, 0) is 54.3 Å². The van der Waals surface area contributed by atoms with Crippen molar-refractivity contribution in [1.82, 2.24) is 0 Å². The Balaban J connectivity index is 1.86. The first-order valence-corrected chi connectivity index (χ1v) is 7.93. The molecule has 0 radical (unpaired) electrons. The Morgan fingerprint density at radius 1 is 1.00 bits per heavy atom. The Kier molecular flexibility index (Phi) is 6.05. The molecule has 112 valence electrons. The van der Waals surface area contributed by atoms with Gasteiger partial charge in [0.15, 0.2) is 0 Å². The predicted octanol–water partition coefficient (Wildman–Crippen LogP) is 4.78. The van der Waals surface area contributed by atoms with Crippen LogP contribution in [0.3, 0.4) is 0 Å². The Bertz CT molecular complexity index is 540. The molecule has 1 unspecified atom stereocenters. The number of hydrogen-bond acceptors (Lipinski definition) is 2. The van der Waals surface area contributed by atoms with E-state index in [1.54, 1.807) is 7.11 Å². The zero-order valence-corrected chi connectivity index (χ0v) is 13.5. The van der Waals surface area contributed by atoms with Crippen LogP contribution in [-0.4, -0.2) is 19.0 Å². The van der Waals surface area contributed by atoms with Crippen molar-refractivity contribution in [3.05, 3.63) is 59.9 Å². The van der Waals surface area contributed by atoms with Gasteiger partial charge >= 0.3 is 0 Å². The average molecular weight is 353 g/mol. The molecule has 0 amide bonds. The maximum atomic E-state index is 12.9. The summed E-state index contributed by atoms with van der Waals surface area (Å²) in [6, 6.07) is 14.2. The first-order chi connectivity index (χ1) is 10.2. The van der Waals surface area contributed by atoms with E-state index in [1.165, 1.54) is 12.1 Å². The summed E-state index contributed by atoms with van der Waals surface area (Å²) < 4.78 is 23.8. The van der Waals surface area contributed by atoms with Gasteiger partial charge in [-0.25, -0.2) is 4.39 Å². The molecule has 0 aliphatic heterocycles. The Morgan fingerprint density at radius 2 is 1.62 bits per heavy atom. The second kappa shape index (κ2) is 8.03. The minimum absolute atomic E-state index is 0.207. The number of halogens is 2. The molecular weight excluding hydrogens is 335 g/mol. The van der Waals surface area contributed by atoms with Crippen molar-refractivity contribution in [2.45, 2.75) is 12.3 Å². The van der Waals surface area contributed by atoms with Crippen molar-refractivity contribution in [1.29, 1.82) is 0 Å². The van der Waals surface area contributed by atoms with Gasteiger partial charge in [0.05, 0.1) is 13.7 Å². The number of methoxy groups -OCH3 is 1. The Labute approximate surface area is 133 Å². The topological polar surface area (TPSA) is 18.5 Å². The first-order valence-electron chi connectivity index (χ1n) is 6.81. The molecule has 0 saturated heterocycles. The fraction of sp³-hybridized carbons (Fsp3) is 0.294. The van der Waals surface area contributed by atoms with Crippen molar-refractivity contribution in [2.75, 3.05) is 19.0 Å². The van der Waals surface area contributed by atoms with E-state index < -0.39 is 0 Å². The Hall–Kier alpha value is -1.55. The van der Waals surface area contributed by atoms with Crippen LogP contribution in [0, 0.1) is 5.82 Å². The highest BCUT2D eigenvalue weighted by molar-refractivity contribution is 9.09. The summed E-state index contributed by atoms with van der Waals surface area (Å²) in [5.74, 6) is 1.74. The molecule has 4 heteroatoms. The summed E-state index contributed by atoms with van der Waals surface area (Å²) in [4.78, 5) is 0. The summed E-state index contributed by atoms with van der Waals surface area (Å²) in [7, 11) is 1.64. The molecule has 1 atom stereocenters. The summed E-state index contributed by atoms with van der Waals surface area (Å²) in [6.07, 6.45) is 0.864. The van der Waals surface area contributed by atoms with Crippen LogP contribution in [0.2, 0.25) is 0 Å². The minimum Gasteiger partial charge on any atom is -0.497 e. The zero-order chi connectivity index (χ0) is 15.1. The summed E-state index contributed by atoms with van der Waals surface area (Å²) in [6.45, 7) is 0.611. The molecule has 2 aromatic rings. The van der Waals surface area contributed by atoms with E-state index in [2.05, 4.69) is 15.9 Å². The minimum atomic E-state index is -0.207. The van der Waals surface area contributed by atoms with Crippen molar-refractivity contribution >= 4 is 15.9 Å². The fourth-order valence-corrected chi connectivity index (χ4v) is 2.76. The van der Waals surface area contributed by atoms with Gasteiger partial charge in [0.1, 0.15) is 17.3 Å². The average Bonchev–Trinajstić information content (AvgIpc) is 2.53. The molecule has 2 rings (SSSR count). The van der Waals surface area contributed by atoms with Gasteiger partial charge in [0.2, 0.25) is 0 Å². The van der Waals surface area contributed by atoms with Crippen LogP contribution in [0.25, 0.3) is 0 Å². The van der Waals surface area contributed by atoms with Crippen molar-refractivity contribution in [3.8, 4) is 11.5 Å². The zero-order valence-electron chi connectivity index (χ0n) is 11.9. The van der Waals surface area contributed by atoms with Crippen LogP contribution in [0.4, 0.5) is 4.39 Å². The van der Waals surface area contributed by atoms with E-state index in [0.29, 0.717) is 12.5 Å². The van der Waals surface area contributed by atoms with Crippen molar-refractivity contribution in [2.24, 2.45) is 0 Å². The van der Waals surface area contributed by atoms with Gasteiger partial charge in [-0.2, -0.15) is 0 Å². The monoisotopic (exact) mass is 352 g/mol. The van der Waals surface area contributed by atoms with E-state index >= 15 is 0 Å². The number of ether oxygens (including phenoxy) is 2. The third-order valence-electron chi connectivity index (χ3n) is 3.32. The van der Waals surface area contributed by atoms with Gasteiger partial charge in [-0.1, -0.05) is 28.1 Å². The maximum Gasteiger partial charge on any atom is 0.123 e. The molecule has 0 saturated carbocycles. The van der Waals surface area contributed by atoms with E-state index in [9.17, 15) is 4.39 Å². The Morgan fingerprint density at radius 3 is 2.19 bits per heavy atom. The molecule has 0 N–H and O–H groups in total. The van der Waals surface area contributed by atoms with Crippen LogP contribution in [-0.2, 0) is 0 Å². The van der Waals surface area contributed by atoms with Crippen molar-refractivity contribution in [3.63, 3.8) is 0 Å². The second-order valence-corrected chi connectivity index (χ2v) is 5.36. The number of rotatable bonds is 7. The molecule has 0 spiro atoms. The molecule has 0 aliphatic carbocycles. The third kappa shape index (κ3) is 4.74. The third-order valence-corrected chi connectivity index (χ3v) is 4.10. The molecule has 0 heterocycles. The highest BCUT2D eigenvalue weighted by Gasteiger charge is 2.10. The van der Waals surface area contributed by atoms with E-state index in [-0.39, 0.29) is 5.82 Å². The number of hydrogen-bond donors (Lipinski definition) is 0. The lowest BCUT2D eigenvalue weighted by Crippen LogP contribution is -2.07. The second-order valence-electron chi connectivity index (χ2n) is 4.72. The summed E-state index contributed by atoms with van der Waals surface area (Å²) in [5, 5.41) is 0.824. The SMILES string of the molecule is COc1ccc(OCCC(CBr)c2ccc(F)cc2)cc1. The molecule has 0 aliphatic rings. The lowest BCUT2D eigenvalue weighted by atomic mass is 9.98. The number of benzene rings is 2. The fourth-order valence-electron chi connectivity index (χ4n) is 2.06. The largest absolute Gasteiger partial charge is 0.497 e. The molecule has 0 fully saturated rings. The van der Waals surface area contributed by atoms with Gasteiger partial charge in [0.25, 0.3) is 0 Å². The van der Waals surface area contributed by atoms with Gasteiger partial charge in [0, 0.05) is 5.33 Å². The highest BCUT2D eigenvalue weighted by Crippen LogP contribution is 2.23. The highest BCUT2D eigenvalue weighted by atomic mass is 79.9. The number of alkyl halides is 1. The molecular formula is C17H18BrFO2. The maximum absolute atomic E-state index is 12.9. The van der Waals surface area contributed by atoms with Crippen LogP contribution in [0.15, 0.2) is 48.5 Å². The lowest BCUT2D eigenvalue weighted by molar-refractivity contribution is 0.301. The van der Waals surface area contributed by atoms with Crippen molar-refractivity contribution < 1.29 is 13.9 Å². The smallest absolute Gasteiger partial charge is 0.123 e. The summed E-state index contributed by atoms with van der Waals surface area (Å²) in [5.41, 5.74) is 1.12. The van der Waals surface area contributed by atoms with Gasteiger partial charge < -0.3 is 9.47 Å². The molecule has 21 heavy (non-hydrogen) atoms. The van der Waals surface area contributed by atoms with Crippen LogP contribution < -0.4 is 9.47 Å². The predicted molar refractivity (Wildman–Crippen MR) is 86.0 cm³/mol. The molecule has 0 aromatic heterocycles.